The Hall–Kier alpha value is -2.43. The maximum atomic E-state index is 13.6. The molecular formula is C29H35NO2Si. The van der Waals surface area contributed by atoms with Crippen LogP contribution in [0.1, 0.15) is 40.0 Å². The molecule has 1 aliphatic carbocycles. The van der Waals surface area contributed by atoms with Crippen molar-refractivity contribution in [1.82, 2.24) is 4.90 Å². The van der Waals surface area contributed by atoms with Gasteiger partial charge in [0, 0.05) is 25.1 Å². The molecule has 2 aromatic carbocycles. The van der Waals surface area contributed by atoms with Gasteiger partial charge < -0.3 is 9.33 Å². The van der Waals surface area contributed by atoms with Crippen molar-refractivity contribution in [3.8, 4) is 0 Å². The van der Waals surface area contributed by atoms with Crippen LogP contribution < -0.4 is 10.4 Å². The van der Waals surface area contributed by atoms with Crippen molar-refractivity contribution in [1.29, 1.82) is 0 Å². The first kappa shape index (κ1) is 22.4. The van der Waals surface area contributed by atoms with Gasteiger partial charge in [-0.3, -0.25) is 4.79 Å². The standard InChI is InChI=1S/C29H35NO2Si/c1-28(2,3)33(23-13-6-4-7-14-23,24-15-8-5-9-16-24)32-22-20-29-19-11-10-17-25(29)26-18-12-21-30(26)27(29)31/h4-11,13-17,19,25-26H,12,18,20-22H2,1-3H3/t25-,26+,29+/m0/s1. The van der Waals surface area contributed by atoms with Crippen LogP contribution >= 0.6 is 0 Å². The predicted molar refractivity (Wildman–Crippen MR) is 137 cm³/mol. The normalized spacial score (nSPS) is 26.5. The molecule has 3 nitrogen and oxygen atoms in total. The Bertz CT molecular complexity index is 1020. The van der Waals surface area contributed by atoms with Gasteiger partial charge in [-0.1, -0.05) is 106 Å². The Kier molecular flexibility index (Phi) is 5.70. The van der Waals surface area contributed by atoms with Crippen molar-refractivity contribution in [2.45, 2.75) is 51.1 Å². The van der Waals surface area contributed by atoms with E-state index >= 15 is 0 Å². The minimum absolute atomic E-state index is 0.0607. The largest absolute Gasteiger partial charge is 0.407 e. The molecule has 4 heteroatoms. The Labute approximate surface area is 199 Å². The van der Waals surface area contributed by atoms with E-state index in [0.717, 1.165) is 25.8 Å². The Morgan fingerprint density at radius 2 is 1.64 bits per heavy atom. The van der Waals surface area contributed by atoms with E-state index in [9.17, 15) is 4.79 Å². The first-order valence-corrected chi connectivity index (χ1v) is 14.2. The number of amides is 1. The van der Waals surface area contributed by atoms with Gasteiger partial charge in [0.25, 0.3) is 8.32 Å². The Balaban J connectivity index is 1.50. The highest BCUT2D eigenvalue weighted by molar-refractivity contribution is 6.99. The first-order valence-electron chi connectivity index (χ1n) is 12.3. The third-order valence-electron chi connectivity index (χ3n) is 8.04. The lowest BCUT2D eigenvalue weighted by molar-refractivity contribution is -0.134. The fraction of sp³-hybridized carbons (Fsp3) is 0.414. The predicted octanol–water partition coefficient (Wildman–Crippen LogP) is 4.69. The van der Waals surface area contributed by atoms with Crippen LogP contribution in [0.25, 0.3) is 0 Å². The van der Waals surface area contributed by atoms with Gasteiger partial charge in [0.2, 0.25) is 5.91 Å². The SMILES string of the molecule is CC(C)(C)[Si](OCC[C@]12C=CC=C[C@H]1[C@H]1CCCN1C2=O)(c1ccccc1)c1ccccc1. The summed E-state index contributed by atoms with van der Waals surface area (Å²) in [5.74, 6) is 0.571. The quantitative estimate of drug-likeness (QED) is 0.589. The van der Waals surface area contributed by atoms with Gasteiger partial charge in [-0.05, 0) is 34.7 Å². The second-order valence-corrected chi connectivity index (χ2v) is 15.1. The van der Waals surface area contributed by atoms with E-state index in [0.29, 0.717) is 18.6 Å². The van der Waals surface area contributed by atoms with Crippen LogP contribution in [0.4, 0.5) is 0 Å². The van der Waals surface area contributed by atoms with Crippen LogP contribution in [0, 0.1) is 11.3 Å². The van der Waals surface area contributed by atoms with Crippen molar-refractivity contribution < 1.29 is 9.22 Å². The summed E-state index contributed by atoms with van der Waals surface area (Å²) < 4.78 is 7.15. The molecule has 2 saturated heterocycles. The minimum atomic E-state index is -2.60. The van der Waals surface area contributed by atoms with Gasteiger partial charge in [0.15, 0.2) is 0 Å². The molecule has 0 bridgehead atoms. The van der Waals surface area contributed by atoms with Crippen LogP contribution in [0.2, 0.25) is 5.04 Å². The molecule has 2 fully saturated rings. The van der Waals surface area contributed by atoms with Crippen molar-refractivity contribution in [3.05, 3.63) is 85.0 Å². The van der Waals surface area contributed by atoms with E-state index in [2.05, 4.69) is 111 Å². The molecule has 3 atom stereocenters. The van der Waals surface area contributed by atoms with E-state index < -0.39 is 13.7 Å². The van der Waals surface area contributed by atoms with Gasteiger partial charge in [0.1, 0.15) is 0 Å². The molecule has 0 unspecified atom stereocenters. The fourth-order valence-corrected chi connectivity index (χ4v) is 11.1. The summed E-state index contributed by atoms with van der Waals surface area (Å²) >= 11 is 0. The van der Waals surface area contributed by atoms with Gasteiger partial charge in [-0.15, -0.1) is 0 Å². The van der Waals surface area contributed by atoms with Crippen LogP contribution in [0.15, 0.2) is 85.0 Å². The van der Waals surface area contributed by atoms with Crippen LogP contribution in [0.5, 0.6) is 0 Å². The summed E-state index contributed by atoms with van der Waals surface area (Å²) in [6.45, 7) is 8.40. The van der Waals surface area contributed by atoms with Crippen molar-refractivity contribution in [3.63, 3.8) is 0 Å². The number of benzene rings is 2. The van der Waals surface area contributed by atoms with E-state index in [1.807, 2.05) is 0 Å². The zero-order valence-corrected chi connectivity index (χ0v) is 21.0. The van der Waals surface area contributed by atoms with Gasteiger partial charge >= 0.3 is 0 Å². The first-order chi connectivity index (χ1) is 15.9. The molecule has 5 rings (SSSR count). The average Bonchev–Trinajstić information content (AvgIpc) is 3.39. The molecule has 0 saturated carbocycles. The summed E-state index contributed by atoms with van der Waals surface area (Å²) in [5.41, 5.74) is -0.453. The van der Waals surface area contributed by atoms with Gasteiger partial charge in [0.05, 0.1) is 5.41 Å². The molecule has 0 radical (unpaired) electrons. The monoisotopic (exact) mass is 457 g/mol. The summed E-state index contributed by atoms with van der Waals surface area (Å²) in [5, 5.41) is 2.51. The third kappa shape index (κ3) is 3.46. The molecule has 3 aliphatic rings. The summed E-state index contributed by atoms with van der Waals surface area (Å²) in [7, 11) is -2.60. The number of carbonyl (C=O) groups is 1. The number of hydrogen-bond acceptors (Lipinski definition) is 2. The molecule has 2 heterocycles. The summed E-state index contributed by atoms with van der Waals surface area (Å²) in [6, 6.07) is 21.9. The number of carbonyl (C=O) groups excluding carboxylic acids is 1. The smallest absolute Gasteiger partial charge is 0.261 e. The molecule has 33 heavy (non-hydrogen) atoms. The molecule has 0 aromatic heterocycles. The zero-order chi connectivity index (χ0) is 23.1. The lowest BCUT2D eigenvalue weighted by Gasteiger charge is -2.44. The highest BCUT2D eigenvalue weighted by Gasteiger charge is 2.58. The third-order valence-corrected chi connectivity index (χ3v) is 13.1. The number of allylic oxidation sites excluding steroid dienone is 2. The molecule has 172 valence electrons. The van der Waals surface area contributed by atoms with Crippen LogP contribution in [-0.2, 0) is 9.22 Å². The molecule has 2 aliphatic heterocycles. The van der Waals surface area contributed by atoms with Crippen molar-refractivity contribution >= 4 is 24.6 Å². The van der Waals surface area contributed by atoms with Crippen LogP contribution in [-0.4, -0.2) is 38.3 Å². The highest BCUT2D eigenvalue weighted by Crippen LogP contribution is 2.51. The average molecular weight is 458 g/mol. The molecule has 0 spiro atoms. The van der Waals surface area contributed by atoms with Crippen LogP contribution in [0.3, 0.4) is 0 Å². The van der Waals surface area contributed by atoms with E-state index in [4.69, 9.17) is 4.43 Å². The highest BCUT2D eigenvalue weighted by atomic mass is 28.4. The second kappa shape index (κ2) is 8.41. The Morgan fingerprint density at radius 1 is 1.00 bits per heavy atom. The van der Waals surface area contributed by atoms with Gasteiger partial charge in [-0.25, -0.2) is 0 Å². The van der Waals surface area contributed by atoms with Gasteiger partial charge in [-0.2, -0.15) is 0 Å². The second-order valence-electron chi connectivity index (χ2n) is 10.8. The van der Waals surface area contributed by atoms with E-state index in [1.165, 1.54) is 10.4 Å². The Morgan fingerprint density at radius 3 is 2.24 bits per heavy atom. The summed E-state index contributed by atoms with van der Waals surface area (Å²) in [6.07, 6.45) is 11.6. The lowest BCUT2D eigenvalue weighted by atomic mass is 9.70. The topological polar surface area (TPSA) is 29.5 Å². The molecule has 0 N–H and O–H groups in total. The maximum absolute atomic E-state index is 13.6. The lowest BCUT2D eigenvalue weighted by Crippen LogP contribution is -2.66. The van der Waals surface area contributed by atoms with E-state index in [1.54, 1.807) is 0 Å². The molecule has 1 amide bonds. The minimum Gasteiger partial charge on any atom is -0.407 e. The molecular weight excluding hydrogens is 422 g/mol. The molecule has 2 aromatic rings. The van der Waals surface area contributed by atoms with E-state index in [-0.39, 0.29) is 11.0 Å². The fourth-order valence-electron chi connectivity index (χ4n) is 6.56. The maximum Gasteiger partial charge on any atom is 0.261 e. The van der Waals surface area contributed by atoms with Crippen molar-refractivity contribution in [2.75, 3.05) is 13.2 Å². The number of rotatable bonds is 6. The number of hydrogen-bond donors (Lipinski definition) is 0. The number of nitrogens with zero attached hydrogens (tertiary/aromatic N) is 1. The summed E-state index contributed by atoms with van der Waals surface area (Å²) in [4.78, 5) is 15.8. The zero-order valence-electron chi connectivity index (χ0n) is 20.0. The van der Waals surface area contributed by atoms with Crippen molar-refractivity contribution in [2.24, 2.45) is 11.3 Å². The number of fused-ring (bicyclic) bond motifs is 3.